The fourth-order valence-corrected chi connectivity index (χ4v) is 2.03. The van der Waals surface area contributed by atoms with Gasteiger partial charge in [0, 0.05) is 0 Å². The van der Waals surface area contributed by atoms with Crippen molar-refractivity contribution in [2.45, 2.75) is 13.8 Å². The van der Waals surface area contributed by atoms with Crippen LogP contribution in [0.2, 0.25) is 0 Å². The van der Waals surface area contributed by atoms with Gasteiger partial charge in [-0.25, -0.2) is 0 Å². The molecular formula is C16H16O3. The molecule has 1 N–H and O–H groups in total. The molecule has 0 saturated heterocycles. The summed E-state index contributed by atoms with van der Waals surface area (Å²) in [4.78, 5) is 10.9. The minimum absolute atomic E-state index is 0.00217. The number of carbonyl (C=O) groups excluding carboxylic acids is 1. The normalized spacial score (nSPS) is 10.2. The zero-order valence-electron chi connectivity index (χ0n) is 11.0. The van der Waals surface area contributed by atoms with Crippen LogP contribution >= 0.6 is 0 Å². The van der Waals surface area contributed by atoms with Gasteiger partial charge in [-0.3, -0.25) is 4.79 Å². The Hall–Kier alpha value is -2.29. The molecule has 2 aromatic rings. The topological polar surface area (TPSA) is 46.5 Å². The molecule has 19 heavy (non-hydrogen) atoms. The molecule has 0 spiro atoms. The molecule has 3 nitrogen and oxygen atoms in total. The number of aromatic hydroxyl groups is 1. The van der Waals surface area contributed by atoms with E-state index in [1.165, 1.54) is 6.07 Å². The van der Waals surface area contributed by atoms with Crippen molar-refractivity contribution in [3.8, 4) is 22.6 Å². The van der Waals surface area contributed by atoms with Crippen molar-refractivity contribution in [3.05, 3.63) is 47.5 Å². The standard InChI is InChI=1S/C16H16O3/c1-3-19-14-5-6-15(11(2)8-14)12-4-7-16(18)13(9-12)10-17/h4-10,18H,3H2,1-2H3. The first-order valence-electron chi connectivity index (χ1n) is 6.17. The fraction of sp³-hybridized carbons (Fsp3) is 0.188. The van der Waals surface area contributed by atoms with Crippen LogP contribution < -0.4 is 4.74 Å². The molecule has 0 aromatic heterocycles. The van der Waals surface area contributed by atoms with Crippen LogP contribution in [-0.4, -0.2) is 18.0 Å². The quantitative estimate of drug-likeness (QED) is 0.850. The molecule has 3 heteroatoms. The molecule has 0 radical (unpaired) electrons. The second-order valence-corrected chi connectivity index (χ2v) is 4.30. The second-order valence-electron chi connectivity index (χ2n) is 4.30. The molecule has 98 valence electrons. The highest BCUT2D eigenvalue weighted by Crippen LogP contribution is 2.29. The summed E-state index contributed by atoms with van der Waals surface area (Å²) >= 11 is 0. The minimum atomic E-state index is 0.00217. The summed E-state index contributed by atoms with van der Waals surface area (Å²) in [5, 5.41) is 9.51. The van der Waals surface area contributed by atoms with Gasteiger partial charge in [-0.2, -0.15) is 0 Å². The summed E-state index contributed by atoms with van der Waals surface area (Å²) in [5.74, 6) is 0.834. The van der Waals surface area contributed by atoms with Gasteiger partial charge in [0.05, 0.1) is 12.2 Å². The lowest BCUT2D eigenvalue weighted by Gasteiger charge is -2.10. The Morgan fingerprint density at radius 3 is 2.63 bits per heavy atom. The highest BCUT2D eigenvalue weighted by atomic mass is 16.5. The van der Waals surface area contributed by atoms with Crippen molar-refractivity contribution in [2.75, 3.05) is 6.61 Å². The zero-order valence-corrected chi connectivity index (χ0v) is 11.0. The number of aryl methyl sites for hydroxylation is 1. The van der Waals surface area contributed by atoms with Crippen LogP contribution in [0.4, 0.5) is 0 Å². The van der Waals surface area contributed by atoms with Crippen LogP contribution in [0, 0.1) is 6.92 Å². The third kappa shape index (κ3) is 2.76. The Morgan fingerprint density at radius 1 is 1.21 bits per heavy atom. The first-order valence-corrected chi connectivity index (χ1v) is 6.17. The number of hydrogen-bond donors (Lipinski definition) is 1. The number of phenols is 1. The Bertz CT molecular complexity index is 603. The average molecular weight is 256 g/mol. The molecule has 0 atom stereocenters. The van der Waals surface area contributed by atoms with E-state index in [0.29, 0.717) is 18.5 Å². The first kappa shape index (κ1) is 13.1. The van der Waals surface area contributed by atoms with E-state index in [4.69, 9.17) is 4.74 Å². The number of hydrogen-bond acceptors (Lipinski definition) is 3. The summed E-state index contributed by atoms with van der Waals surface area (Å²) in [5.41, 5.74) is 3.28. The van der Waals surface area contributed by atoms with Gasteiger partial charge in [-0.1, -0.05) is 12.1 Å². The minimum Gasteiger partial charge on any atom is -0.507 e. The summed E-state index contributed by atoms with van der Waals surface area (Å²) in [6.07, 6.45) is 0.655. The molecule has 0 bridgehead atoms. The van der Waals surface area contributed by atoms with Crippen molar-refractivity contribution in [3.63, 3.8) is 0 Å². The molecule has 0 saturated carbocycles. The first-order chi connectivity index (χ1) is 9.15. The lowest BCUT2D eigenvalue weighted by atomic mass is 9.98. The monoisotopic (exact) mass is 256 g/mol. The third-order valence-corrected chi connectivity index (χ3v) is 2.97. The van der Waals surface area contributed by atoms with E-state index in [-0.39, 0.29) is 5.75 Å². The number of carbonyl (C=O) groups is 1. The molecule has 0 heterocycles. The van der Waals surface area contributed by atoms with Gasteiger partial charge < -0.3 is 9.84 Å². The van der Waals surface area contributed by atoms with Crippen LogP contribution in [0.3, 0.4) is 0 Å². The van der Waals surface area contributed by atoms with Gasteiger partial charge in [-0.05, 0) is 54.8 Å². The van der Waals surface area contributed by atoms with Crippen LogP contribution in [0.15, 0.2) is 36.4 Å². The summed E-state index contributed by atoms with van der Waals surface area (Å²) < 4.78 is 5.45. The summed E-state index contributed by atoms with van der Waals surface area (Å²) in [6.45, 7) is 4.57. The molecular weight excluding hydrogens is 240 g/mol. The maximum Gasteiger partial charge on any atom is 0.153 e. The summed E-state index contributed by atoms with van der Waals surface area (Å²) in [6, 6.07) is 10.8. The van der Waals surface area contributed by atoms with Crippen molar-refractivity contribution in [2.24, 2.45) is 0 Å². The summed E-state index contributed by atoms with van der Waals surface area (Å²) in [7, 11) is 0. The van der Waals surface area contributed by atoms with Gasteiger partial charge in [0.2, 0.25) is 0 Å². The van der Waals surface area contributed by atoms with Crippen LogP contribution in [0.25, 0.3) is 11.1 Å². The average Bonchev–Trinajstić information content (AvgIpc) is 2.40. The van der Waals surface area contributed by atoms with E-state index in [0.717, 1.165) is 22.4 Å². The number of ether oxygens (including phenoxy) is 1. The largest absolute Gasteiger partial charge is 0.507 e. The maximum absolute atomic E-state index is 10.9. The fourth-order valence-electron chi connectivity index (χ4n) is 2.03. The zero-order chi connectivity index (χ0) is 13.8. The molecule has 2 rings (SSSR count). The van der Waals surface area contributed by atoms with Crippen molar-refractivity contribution >= 4 is 6.29 Å². The molecule has 0 aliphatic carbocycles. The smallest absolute Gasteiger partial charge is 0.153 e. The van der Waals surface area contributed by atoms with Crippen molar-refractivity contribution in [1.82, 2.24) is 0 Å². The Morgan fingerprint density at radius 2 is 2.00 bits per heavy atom. The number of benzene rings is 2. The molecule has 2 aromatic carbocycles. The molecule has 0 unspecified atom stereocenters. The Labute approximate surface area is 112 Å². The van der Waals surface area contributed by atoms with E-state index in [1.54, 1.807) is 12.1 Å². The lowest BCUT2D eigenvalue weighted by molar-refractivity contribution is 0.112. The number of aldehydes is 1. The third-order valence-electron chi connectivity index (χ3n) is 2.97. The highest BCUT2D eigenvalue weighted by molar-refractivity contribution is 5.83. The predicted octanol–water partition coefficient (Wildman–Crippen LogP) is 3.58. The van der Waals surface area contributed by atoms with Gasteiger partial charge in [0.1, 0.15) is 11.5 Å². The van der Waals surface area contributed by atoms with Crippen LogP contribution in [0.5, 0.6) is 11.5 Å². The maximum atomic E-state index is 10.9. The Balaban J connectivity index is 2.44. The van der Waals surface area contributed by atoms with Gasteiger partial charge >= 0.3 is 0 Å². The molecule has 0 aliphatic heterocycles. The number of phenolic OH excluding ortho intramolecular Hbond substituents is 1. The predicted molar refractivity (Wildman–Crippen MR) is 74.8 cm³/mol. The van der Waals surface area contributed by atoms with E-state index < -0.39 is 0 Å². The lowest BCUT2D eigenvalue weighted by Crippen LogP contribution is -1.93. The highest BCUT2D eigenvalue weighted by Gasteiger charge is 2.07. The van der Waals surface area contributed by atoms with E-state index in [9.17, 15) is 9.90 Å². The Kier molecular flexibility index (Phi) is 3.85. The van der Waals surface area contributed by atoms with E-state index in [1.807, 2.05) is 32.0 Å². The molecule has 0 fully saturated rings. The van der Waals surface area contributed by atoms with E-state index >= 15 is 0 Å². The van der Waals surface area contributed by atoms with E-state index in [2.05, 4.69) is 0 Å². The second kappa shape index (κ2) is 5.57. The van der Waals surface area contributed by atoms with Crippen LogP contribution in [0.1, 0.15) is 22.8 Å². The molecule has 0 amide bonds. The number of rotatable bonds is 4. The molecule has 0 aliphatic rings. The SMILES string of the molecule is CCOc1ccc(-c2ccc(O)c(C=O)c2)c(C)c1. The van der Waals surface area contributed by atoms with Crippen LogP contribution in [-0.2, 0) is 0 Å². The van der Waals surface area contributed by atoms with Crippen molar-refractivity contribution in [1.29, 1.82) is 0 Å². The van der Waals surface area contributed by atoms with Gasteiger partial charge in [0.15, 0.2) is 6.29 Å². The van der Waals surface area contributed by atoms with Crippen molar-refractivity contribution < 1.29 is 14.6 Å². The van der Waals surface area contributed by atoms with Gasteiger partial charge in [-0.15, -0.1) is 0 Å². The van der Waals surface area contributed by atoms with Gasteiger partial charge in [0.25, 0.3) is 0 Å².